The van der Waals surface area contributed by atoms with Gasteiger partial charge in [-0.05, 0) is 13.8 Å². The van der Waals surface area contributed by atoms with Crippen LogP contribution in [0.15, 0.2) is 29.6 Å². The molecule has 2 atom stereocenters. The maximum Gasteiger partial charge on any atom is 0.293 e. The lowest BCUT2D eigenvalue weighted by Crippen LogP contribution is -2.33. The summed E-state index contributed by atoms with van der Waals surface area (Å²) in [7, 11) is 0. The van der Waals surface area contributed by atoms with Gasteiger partial charge in [0, 0.05) is 32.0 Å². The quantitative estimate of drug-likeness (QED) is 0.842. The molecule has 1 aliphatic heterocycles. The fourth-order valence-corrected chi connectivity index (χ4v) is 2.70. The van der Waals surface area contributed by atoms with Crippen LogP contribution in [0.2, 0.25) is 0 Å². The van der Waals surface area contributed by atoms with Crippen LogP contribution in [0.4, 0.5) is 5.82 Å². The number of aryl methyl sites for hydroxylation is 2. The third-order valence-electron chi connectivity index (χ3n) is 3.99. The lowest BCUT2D eigenvalue weighted by molar-refractivity contribution is 0.0737. The standard InChI is InChI=1S/C15H21N5O3/c1-3-18-6-5-16-14(15(18)22)19-9-12(21)13(10-19)23-11-7-17-20(4-2)8-11/h5-8,12-13,21H,3-4,9-10H2,1-2H3/t12-,13-/m1/s1. The molecule has 0 aromatic carbocycles. The highest BCUT2D eigenvalue weighted by atomic mass is 16.5. The van der Waals surface area contributed by atoms with Gasteiger partial charge in [-0.2, -0.15) is 5.10 Å². The molecule has 3 heterocycles. The van der Waals surface area contributed by atoms with Crippen molar-refractivity contribution in [3.63, 3.8) is 0 Å². The van der Waals surface area contributed by atoms with Crippen LogP contribution in [0.1, 0.15) is 13.8 Å². The summed E-state index contributed by atoms with van der Waals surface area (Å²) in [4.78, 5) is 18.3. The Balaban J connectivity index is 1.74. The summed E-state index contributed by atoms with van der Waals surface area (Å²) in [5.74, 6) is 0.966. The maximum atomic E-state index is 12.3. The lowest BCUT2D eigenvalue weighted by Gasteiger charge is -2.17. The third-order valence-corrected chi connectivity index (χ3v) is 3.99. The Morgan fingerprint density at radius 1 is 1.35 bits per heavy atom. The molecule has 0 bridgehead atoms. The number of aliphatic hydroxyl groups excluding tert-OH is 1. The van der Waals surface area contributed by atoms with Gasteiger partial charge in [-0.15, -0.1) is 0 Å². The minimum absolute atomic E-state index is 0.151. The van der Waals surface area contributed by atoms with E-state index in [0.29, 0.717) is 31.2 Å². The van der Waals surface area contributed by atoms with E-state index < -0.39 is 12.2 Å². The van der Waals surface area contributed by atoms with Crippen molar-refractivity contribution in [2.24, 2.45) is 0 Å². The Kier molecular flexibility index (Phi) is 4.33. The molecule has 0 radical (unpaired) electrons. The van der Waals surface area contributed by atoms with Gasteiger partial charge in [0.25, 0.3) is 5.56 Å². The number of ether oxygens (including phenoxy) is 1. The monoisotopic (exact) mass is 319 g/mol. The highest BCUT2D eigenvalue weighted by molar-refractivity contribution is 5.38. The molecule has 1 N–H and O–H groups in total. The van der Waals surface area contributed by atoms with Crippen LogP contribution in [0.5, 0.6) is 5.75 Å². The van der Waals surface area contributed by atoms with Gasteiger partial charge in [-0.3, -0.25) is 9.48 Å². The first kappa shape index (κ1) is 15.5. The zero-order chi connectivity index (χ0) is 16.4. The highest BCUT2D eigenvalue weighted by Gasteiger charge is 2.35. The molecule has 1 fully saturated rings. The van der Waals surface area contributed by atoms with E-state index in [1.165, 1.54) is 0 Å². The van der Waals surface area contributed by atoms with Crippen molar-refractivity contribution in [1.82, 2.24) is 19.3 Å². The average molecular weight is 319 g/mol. The fraction of sp³-hybridized carbons (Fsp3) is 0.533. The largest absolute Gasteiger partial charge is 0.482 e. The van der Waals surface area contributed by atoms with Crippen LogP contribution in [0, 0.1) is 0 Å². The Hall–Kier alpha value is -2.35. The van der Waals surface area contributed by atoms with Gasteiger partial charge in [-0.1, -0.05) is 0 Å². The van der Waals surface area contributed by atoms with E-state index >= 15 is 0 Å². The summed E-state index contributed by atoms with van der Waals surface area (Å²) in [5, 5.41) is 14.4. The highest BCUT2D eigenvalue weighted by Crippen LogP contribution is 2.20. The van der Waals surface area contributed by atoms with E-state index in [0.717, 1.165) is 6.54 Å². The Bertz CT molecular complexity index is 726. The summed E-state index contributed by atoms with van der Waals surface area (Å²) in [6.07, 6.45) is 5.58. The van der Waals surface area contributed by atoms with Crippen molar-refractivity contribution < 1.29 is 9.84 Å². The second kappa shape index (κ2) is 6.41. The van der Waals surface area contributed by atoms with Crippen molar-refractivity contribution >= 4 is 5.82 Å². The number of aliphatic hydroxyl groups is 1. The van der Waals surface area contributed by atoms with Crippen molar-refractivity contribution in [3.05, 3.63) is 35.1 Å². The van der Waals surface area contributed by atoms with Crippen LogP contribution in [-0.2, 0) is 13.1 Å². The number of anilines is 1. The Labute approximate surface area is 133 Å². The number of rotatable bonds is 5. The Morgan fingerprint density at radius 2 is 2.17 bits per heavy atom. The molecule has 0 unspecified atom stereocenters. The molecule has 2 aromatic rings. The second-order valence-electron chi connectivity index (χ2n) is 5.50. The number of hydrogen-bond acceptors (Lipinski definition) is 6. The molecular weight excluding hydrogens is 298 g/mol. The first-order chi connectivity index (χ1) is 11.1. The smallest absolute Gasteiger partial charge is 0.293 e. The van der Waals surface area contributed by atoms with E-state index in [2.05, 4.69) is 10.1 Å². The summed E-state index contributed by atoms with van der Waals surface area (Å²) in [6.45, 7) is 5.97. The van der Waals surface area contributed by atoms with E-state index in [1.807, 2.05) is 13.8 Å². The van der Waals surface area contributed by atoms with Crippen molar-refractivity contribution in [2.75, 3.05) is 18.0 Å². The van der Waals surface area contributed by atoms with Crippen LogP contribution >= 0.6 is 0 Å². The van der Waals surface area contributed by atoms with Crippen molar-refractivity contribution in [3.8, 4) is 5.75 Å². The molecule has 0 spiro atoms. The molecule has 124 valence electrons. The average Bonchev–Trinajstić information content (AvgIpc) is 3.15. The first-order valence-electron chi connectivity index (χ1n) is 7.80. The molecule has 23 heavy (non-hydrogen) atoms. The van der Waals surface area contributed by atoms with Gasteiger partial charge in [-0.25, -0.2) is 4.98 Å². The molecule has 3 rings (SSSR count). The maximum absolute atomic E-state index is 12.3. The van der Waals surface area contributed by atoms with Crippen LogP contribution in [-0.4, -0.2) is 49.7 Å². The van der Waals surface area contributed by atoms with Gasteiger partial charge in [0.1, 0.15) is 12.2 Å². The lowest BCUT2D eigenvalue weighted by atomic mass is 10.3. The Morgan fingerprint density at radius 3 is 2.87 bits per heavy atom. The molecular formula is C15H21N5O3. The zero-order valence-electron chi connectivity index (χ0n) is 13.3. The van der Waals surface area contributed by atoms with Gasteiger partial charge in [0.2, 0.25) is 0 Å². The number of nitrogens with zero attached hydrogens (tertiary/aromatic N) is 5. The van der Waals surface area contributed by atoms with Gasteiger partial charge in [0.15, 0.2) is 11.6 Å². The predicted octanol–water partition coefficient (Wildman–Crippen LogP) is 0.108. The van der Waals surface area contributed by atoms with Gasteiger partial charge < -0.3 is 19.3 Å². The molecule has 8 nitrogen and oxygen atoms in total. The molecule has 0 saturated carbocycles. The number of β-amino-alcohol motifs (C(OH)–C–C–N with tert-alkyl or cyclic N) is 1. The molecule has 1 aliphatic rings. The second-order valence-corrected chi connectivity index (χ2v) is 5.50. The first-order valence-corrected chi connectivity index (χ1v) is 7.80. The third kappa shape index (κ3) is 3.07. The van der Waals surface area contributed by atoms with Crippen LogP contribution in [0.25, 0.3) is 0 Å². The molecule has 8 heteroatoms. The number of aromatic nitrogens is 4. The van der Waals surface area contributed by atoms with E-state index in [9.17, 15) is 9.90 Å². The van der Waals surface area contributed by atoms with E-state index in [-0.39, 0.29) is 5.56 Å². The molecule has 0 aliphatic carbocycles. The normalized spacial score (nSPS) is 20.9. The van der Waals surface area contributed by atoms with Gasteiger partial charge >= 0.3 is 0 Å². The molecule has 0 amide bonds. The summed E-state index contributed by atoms with van der Waals surface area (Å²) >= 11 is 0. The van der Waals surface area contributed by atoms with Crippen molar-refractivity contribution in [2.45, 2.75) is 39.1 Å². The zero-order valence-corrected chi connectivity index (χ0v) is 13.3. The van der Waals surface area contributed by atoms with Gasteiger partial charge in [0.05, 0.1) is 18.9 Å². The summed E-state index contributed by atoms with van der Waals surface area (Å²) in [6, 6.07) is 0. The van der Waals surface area contributed by atoms with Crippen LogP contribution < -0.4 is 15.2 Å². The van der Waals surface area contributed by atoms with Crippen LogP contribution in [0.3, 0.4) is 0 Å². The van der Waals surface area contributed by atoms with Crippen molar-refractivity contribution in [1.29, 1.82) is 0 Å². The molecule has 1 saturated heterocycles. The SMILES string of the molecule is CCn1cc(O[C@@H]2CN(c3nccn(CC)c3=O)C[C@H]2O)cn1. The summed E-state index contributed by atoms with van der Waals surface area (Å²) < 4.78 is 9.16. The minimum atomic E-state index is -0.684. The number of hydrogen-bond donors (Lipinski definition) is 1. The minimum Gasteiger partial charge on any atom is -0.482 e. The fourth-order valence-electron chi connectivity index (χ4n) is 2.70. The van der Waals surface area contributed by atoms with E-state index in [1.54, 1.807) is 38.9 Å². The predicted molar refractivity (Wildman–Crippen MR) is 84.7 cm³/mol. The summed E-state index contributed by atoms with van der Waals surface area (Å²) in [5.41, 5.74) is -0.151. The van der Waals surface area contributed by atoms with E-state index in [4.69, 9.17) is 4.74 Å². The topological polar surface area (TPSA) is 85.4 Å². The molecule has 2 aromatic heterocycles.